The average Bonchev–Trinajstić information content (AvgIpc) is 2.72. The fourth-order valence-corrected chi connectivity index (χ4v) is 2.59. The number of rotatable bonds is 5. The molecule has 0 radical (unpaired) electrons. The van der Waals surface area contributed by atoms with E-state index in [1.165, 1.54) is 5.56 Å². The monoisotopic (exact) mass is 308 g/mol. The molecule has 1 aromatic heterocycles. The Labute approximate surface area is 116 Å². The molecule has 1 aromatic carbocycles. The molecule has 0 aliphatic carbocycles. The standard InChI is InChI=1S/C13H17BrN4/c1-15-11(10-6-4-3-5-7-10)8-9-12-13(14)16-17-18(12)2/h3-7,11,15H,8-9H2,1-2H3. The second kappa shape index (κ2) is 6.11. The van der Waals surface area contributed by atoms with Gasteiger partial charge < -0.3 is 5.32 Å². The second-order valence-corrected chi connectivity index (χ2v) is 4.99. The maximum absolute atomic E-state index is 4.00. The molecule has 0 saturated heterocycles. The number of hydrogen-bond acceptors (Lipinski definition) is 3. The molecular formula is C13H17BrN4. The number of nitrogens with zero attached hydrogens (tertiary/aromatic N) is 3. The zero-order valence-corrected chi connectivity index (χ0v) is 12.2. The third-order valence-electron chi connectivity index (χ3n) is 3.12. The Morgan fingerprint density at radius 2 is 2.06 bits per heavy atom. The Morgan fingerprint density at radius 1 is 1.33 bits per heavy atom. The summed E-state index contributed by atoms with van der Waals surface area (Å²) >= 11 is 3.43. The van der Waals surface area contributed by atoms with Crippen LogP contribution in [0.25, 0.3) is 0 Å². The van der Waals surface area contributed by atoms with Crippen molar-refractivity contribution in [1.82, 2.24) is 20.3 Å². The Kier molecular flexibility index (Phi) is 4.49. The Balaban J connectivity index is 2.04. The van der Waals surface area contributed by atoms with Gasteiger partial charge in [0.25, 0.3) is 0 Å². The molecule has 1 N–H and O–H groups in total. The van der Waals surface area contributed by atoms with Crippen molar-refractivity contribution >= 4 is 15.9 Å². The molecular weight excluding hydrogens is 292 g/mol. The number of halogens is 1. The Hall–Kier alpha value is -1.20. The third-order valence-corrected chi connectivity index (χ3v) is 3.73. The van der Waals surface area contributed by atoms with Gasteiger partial charge in [0.15, 0.2) is 4.60 Å². The van der Waals surface area contributed by atoms with Crippen LogP contribution in [0, 0.1) is 0 Å². The van der Waals surface area contributed by atoms with Crippen molar-refractivity contribution in [3.05, 3.63) is 46.2 Å². The van der Waals surface area contributed by atoms with Crippen LogP contribution in [0.2, 0.25) is 0 Å². The molecule has 2 aromatic rings. The van der Waals surface area contributed by atoms with Crippen molar-refractivity contribution in [3.63, 3.8) is 0 Å². The lowest BCUT2D eigenvalue weighted by molar-refractivity contribution is 0.534. The van der Waals surface area contributed by atoms with Crippen LogP contribution in [0.1, 0.15) is 23.7 Å². The molecule has 96 valence electrons. The van der Waals surface area contributed by atoms with Crippen molar-refractivity contribution < 1.29 is 0 Å². The van der Waals surface area contributed by atoms with Gasteiger partial charge in [-0.25, -0.2) is 0 Å². The van der Waals surface area contributed by atoms with E-state index in [1.807, 2.05) is 24.8 Å². The molecule has 0 saturated carbocycles. The SMILES string of the molecule is CNC(CCc1c(Br)nnn1C)c1ccccc1. The van der Waals surface area contributed by atoms with E-state index in [1.54, 1.807) is 0 Å². The van der Waals surface area contributed by atoms with Crippen molar-refractivity contribution in [2.45, 2.75) is 18.9 Å². The summed E-state index contributed by atoms with van der Waals surface area (Å²) < 4.78 is 2.66. The lowest BCUT2D eigenvalue weighted by Crippen LogP contribution is -2.17. The van der Waals surface area contributed by atoms with Crippen LogP contribution in [0.4, 0.5) is 0 Å². The highest BCUT2D eigenvalue weighted by molar-refractivity contribution is 9.10. The number of nitrogens with one attached hydrogen (secondary N) is 1. The molecule has 0 fully saturated rings. The van der Waals surface area contributed by atoms with Crippen LogP contribution in [-0.4, -0.2) is 22.0 Å². The van der Waals surface area contributed by atoms with Crippen LogP contribution in [-0.2, 0) is 13.5 Å². The summed E-state index contributed by atoms with van der Waals surface area (Å²) in [5, 5.41) is 11.3. The fraction of sp³-hybridized carbons (Fsp3) is 0.385. The summed E-state index contributed by atoms with van der Waals surface area (Å²) in [7, 11) is 3.91. The van der Waals surface area contributed by atoms with Gasteiger partial charge in [-0.3, -0.25) is 4.68 Å². The van der Waals surface area contributed by atoms with Gasteiger partial charge in [0.05, 0.1) is 5.69 Å². The summed E-state index contributed by atoms with van der Waals surface area (Å²) in [6.45, 7) is 0. The zero-order chi connectivity index (χ0) is 13.0. The predicted octanol–water partition coefficient (Wildman–Crippen LogP) is 2.47. The molecule has 0 spiro atoms. The molecule has 18 heavy (non-hydrogen) atoms. The highest BCUT2D eigenvalue weighted by atomic mass is 79.9. The molecule has 4 nitrogen and oxygen atoms in total. The van der Waals surface area contributed by atoms with E-state index in [0.717, 1.165) is 23.1 Å². The van der Waals surface area contributed by atoms with E-state index < -0.39 is 0 Å². The first-order valence-corrected chi connectivity index (χ1v) is 6.78. The summed E-state index contributed by atoms with van der Waals surface area (Å²) in [6.07, 6.45) is 1.95. The van der Waals surface area contributed by atoms with Crippen LogP contribution in [0.3, 0.4) is 0 Å². The molecule has 1 heterocycles. The maximum Gasteiger partial charge on any atom is 0.151 e. The van der Waals surface area contributed by atoms with Crippen LogP contribution in [0.15, 0.2) is 34.9 Å². The minimum atomic E-state index is 0.355. The van der Waals surface area contributed by atoms with Gasteiger partial charge in [0.1, 0.15) is 0 Å². The number of aromatic nitrogens is 3. The smallest absolute Gasteiger partial charge is 0.151 e. The quantitative estimate of drug-likeness (QED) is 0.922. The van der Waals surface area contributed by atoms with Gasteiger partial charge in [-0.2, -0.15) is 0 Å². The number of aryl methyl sites for hydroxylation is 1. The van der Waals surface area contributed by atoms with Gasteiger partial charge in [0, 0.05) is 13.1 Å². The minimum absolute atomic E-state index is 0.355. The Bertz CT molecular complexity index is 475. The van der Waals surface area contributed by atoms with Crippen molar-refractivity contribution in [2.24, 2.45) is 7.05 Å². The summed E-state index contributed by atoms with van der Waals surface area (Å²) in [5.41, 5.74) is 2.44. The predicted molar refractivity (Wildman–Crippen MR) is 75.3 cm³/mol. The fourth-order valence-electron chi connectivity index (χ4n) is 2.06. The summed E-state index contributed by atoms with van der Waals surface area (Å²) in [5.74, 6) is 0. The van der Waals surface area contributed by atoms with Crippen LogP contribution in [0.5, 0.6) is 0 Å². The molecule has 1 unspecified atom stereocenters. The van der Waals surface area contributed by atoms with Crippen LogP contribution < -0.4 is 5.32 Å². The Morgan fingerprint density at radius 3 is 2.61 bits per heavy atom. The number of benzene rings is 1. The maximum atomic E-state index is 4.00. The average molecular weight is 309 g/mol. The summed E-state index contributed by atoms with van der Waals surface area (Å²) in [6, 6.07) is 10.8. The molecule has 2 rings (SSSR count). The van der Waals surface area contributed by atoms with E-state index in [2.05, 4.69) is 55.8 Å². The van der Waals surface area contributed by atoms with Gasteiger partial charge in [0.2, 0.25) is 0 Å². The van der Waals surface area contributed by atoms with Crippen molar-refractivity contribution in [3.8, 4) is 0 Å². The van der Waals surface area contributed by atoms with Gasteiger partial charge in [-0.1, -0.05) is 35.5 Å². The van der Waals surface area contributed by atoms with Crippen LogP contribution >= 0.6 is 15.9 Å². The first-order chi connectivity index (χ1) is 8.72. The first kappa shape index (κ1) is 13.2. The van der Waals surface area contributed by atoms with E-state index >= 15 is 0 Å². The molecule has 5 heteroatoms. The lowest BCUT2D eigenvalue weighted by atomic mass is 10.0. The molecule has 0 aliphatic heterocycles. The zero-order valence-electron chi connectivity index (χ0n) is 10.6. The third kappa shape index (κ3) is 2.97. The van der Waals surface area contributed by atoms with E-state index in [9.17, 15) is 0 Å². The lowest BCUT2D eigenvalue weighted by Gasteiger charge is -2.16. The molecule has 1 atom stereocenters. The van der Waals surface area contributed by atoms with Gasteiger partial charge >= 0.3 is 0 Å². The molecule has 0 bridgehead atoms. The van der Waals surface area contributed by atoms with E-state index in [-0.39, 0.29) is 0 Å². The number of hydrogen-bond donors (Lipinski definition) is 1. The van der Waals surface area contributed by atoms with Crippen molar-refractivity contribution in [1.29, 1.82) is 0 Å². The first-order valence-electron chi connectivity index (χ1n) is 5.98. The largest absolute Gasteiger partial charge is 0.313 e. The van der Waals surface area contributed by atoms with Crippen molar-refractivity contribution in [2.75, 3.05) is 7.05 Å². The minimum Gasteiger partial charge on any atom is -0.313 e. The van der Waals surface area contributed by atoms with E-state index in [0.29, 0.717) is 6.04 Å². The molecule has 0 aliphatic rings. The highest BCUT2D eigenvalue weighted by Gasteiger charge is 2.13. The second-order valence-electron chi connectivity index (χ2n) is 4.24. The molecule has 0 amide bonds. The van der Waals surface area contributed by atoms with Gasteiger partial charge in [-0.05, 0) is 41.4 Å². The van der Waals surface area contributed by atoms with Gasteiger partial charge in [-0.15, -0.1) is 5.10 Å². The normalized spacial score (nSPS) is 12.6. The highest BCUT2D eigenvalue weighted by Crippen LogP contribution is 2.21. The van der Waals surface area contributed by atoms with E-state index in [4.69, 9.17) is 0 Å². The summed E-state index contributed by atoms with van der Waals surface area (Å²) in [4.78, 5) is 0. The topological polar surface area (TPSA) is 42.7 Å².